The molecule has 3 aromatic rings. The molecule has 0 aliphatic rings. The van der Waals surface area contributed by atoms with Crippen molar-refractivity contribution in [2.24, 2.45) is 0 Å². The normalized spacial score (nSPS) is 10.2. The average molecular weight is 319 g/mol. The first-order chi connectivity index (χ1) is 11.7. The number of nitrogens with one attached hydrogen (secondary N) is 1. The number of benzene rings is 3. The third-order valence-corrected chi connectivity index (χ3v) is 3.69. The molecule has 0 saturated carbocycles. The molecular formula is C20H17NO3. The van der Waals surface area contributed by atoms with E-state index in [1.807, 2.05) is 42.5 Å². The number of hydrogen-bond acceptors (Lipinski definition) is 3. The number of carbonyl (C=O) groups excluding carboxylic acids is 1. The van der Waals surface area contributed by atoms with Crippen LogP contribution in [0.15, 0.2) is 72.8 Å². The highest BCUT2D eigenvalue weighted by molar-refractivity contribution is 6.04. The Morgan fingerprint density at radius 2 is 1.58 bits per heavy atom. The van der Waals surface area contributed by atoms with E-state index in [1.54, 1.807) is 24.3 Å². The Balaban J connectivity index is 1.75. The molecule has 0 saturated heterocycles. The van der Waals surface area contributed by atoms with Gasteiger partial charge in [-0.15, -0.1) is 0 Å². The zero-order valence-electron chi connectivity index (χ0n) is 13.2. The highest BCUT2D eigenvalue weighted by atomic mass is 16.5. The van der Waals surface area contributed by atoms with Crippen molar-refractivity contribution in [3.05, 3.63) is 78.4 Å². The molecule has 0 aliphatic carbocycles. The molecule has 2 N–H and O–H groups in total. The highest BCUT2D eigenvalue weighted by Gasteiger charge is 2.08. The first kappa shape index (κ1) is 15.6. The highest BCUT2D eigenvalue weighted by Crippen LogP contribution is 2.28. The molecule has 1 amide bonds. The van der Waals surface area contributed by atoms with E-state index >= 15 is 0 Å². The van der Waals surface area contributed by atoms with Crippen LogP contribution >= 0.6 is 0 Å². The van der Waals surface area contributed by atoms with Crippen LogP contribution in [-0.4, -0.2) is 18.1 Å². The standard InChI is InChI=1S/C20H17NO3/c1-24-19-12-11-17(13-18(19)22)21-20(23)16-9-7-15(8-10-16)14-5-3-2-4-6-14/h2-13,22H,1H3,(H,21,23). The molecule has 3 rings (SSSR count). The van der Waals surface area contributed by atoms with Crippen LogP contribution in [0, 0.1) is 0 Å². The second kappa shape index (κ2) is 6.87. The summed E-state index contributed by atoms with van der Waals surface area (Å²) in [5, 5.41) is 12.5. The third-order valence-electron chi connectivity index (χ3n) is 3.69. The molecule has 0 atom stereocenters. The van der Waals surface area contributed by atoms with Gasteiger partial charge in [0.25, 0.3) is 5.91 Å². The molecule has 4 nitrogen and oxygen atoms in total. The Hall–Kier alpha value is -3.27. The first-order valence-corrected chi connectivity index (χ1v) is 7.51. The zero-order chi connectivity index (χ0) is 16.9. The predicted octanol–water partition coefficient (Wildman–Crippen LogP) is 4.32. The van der Waals surface area contributed by atoms with Crippen molar-refractivity contribution >= 4 is 11.6 Å². The van der Waals surface area contributed by atoms with Crippen LogP contribution in [0.2, 0.25) is 0 Å². The van der Waals surface area contributed by atoms with Crippen molar-refractivity contribution < 1.29 is 14.6 Å². The summed E-state index contributed by atoms with van der Waals surface area (Å²) >= 11 is 0. The second-order valence-corrected chi connectivity index (χ2v) is 5.28. The largest absolute Gasteiger partial charge is 0.504 e. The maximum atomic E-state index is 12.3. The molecule has 0 spiro atoms. The molecule has 120 valence electrons. The van der Waals surface area contributed by atoms with Crippen LogP contribution in [-0.2, 0) is 0 Å². The van der Waals surface area contributed by atoms with Crippen molar-refractivity contribution in [3.8, 4) is 22.6 Å². The molecule has 0 aliphatic heterocycles. The first-order valence-electron chi connectivity index (χ1n) is 7.51. The molecule has 4 heteroatoms. The van der Waals surface area contributed by atoms with Crippen LogP contribution < -0.4 is 10.1 Å². The maximum Gasteiger partial charge on any atom is 0.255 e. The predicted molar refractivity (Wildman–Crippen MR) is 94.5 cm³/mol. The summed E-state index contributed by atoms with van der Waals surface area (Å²) in [6, 6.07) is 22.1. The van der Waals surface area contributed by atoms with Gasteiger partial charge in [-0.3, -0.25) is 4.79 Å². The molecule has 0 fully saturated rings. The lowest BCUT2D eigenvalue weighted by Crippen LogP contribution is -2.11. The van der Waals surface area contributed by atoms with E-state index < -0.39 is 0 Å². The molecule has 0 unspecified atom stereocenters. The Morgan fingerprint density at radius 3 is 2.21 bits per heavy atom. The van der Waals surface area contributed by atoms with Gasteiger partial charge in [-0.2, -0.15) is 0 Å². The summed E-state index contributed by atoms with van der Waals surface area (Å²) < 4.78 is 4.98. The minimum Gasteiger partial charge on any atom is -0.504 e. The summed E-state index contributed by atoms with van der Waals surface area (Å²) in [6.45, 7) is 0. The second-order valence-electron chi connectivity index (χ2n) is 5.28. The Bertz CT molecular complexity index is 843. The lowest BCUT2D eigenvalue weighted by Gasteiger charge is -2.09. The fourth-order valence-corrected chi connectivity index (χ4v) is 2.42. The van der Waals surface area contributed by atoms with Crippen molar-refractivity contribution in [2.45, 2.75) is 0 Å². The fourth-order valence-electron chi connectivity index (χ4n) is 2.42. The van der Waals surface area contributed by atoms with Crippen molar-refractivity contribution in [2.75, 3.05) is 12.4 Å². The summed E-state index contributed by atoms with van der Waals surface area (Å²) in [7, 11) is 1.47. The van der Waals surface area contributed by atoms with Gasteiger partial charge in [-0.05, 0) is 35.4 Å². The Labute approximate surface area is 140 Å². The lowest BCUT2D eigenvalue weighted by molar-refractivity contribution is 0.102. The van der Waals surface area contributed by atoms with Gasteiger partial charge in [0.05, 0.1) is 7.11 Å². The number of ether oxygens (including phenoxy) is 1. The van der Waals surface area contributed by atoms with Crippen LogP contribution in [0.4, 0.5) is 5.69 Å². The number of methoxy groups -OCH3 is 1. The molecule has 0 heterocycles. The quantitative estimate of drug-likeness (QED) is 0.753. The zero-order valence-corrected chi connectivity index (χ0v) is 13.2. The van der Waals surface area contributed by atoms with Gasteiger partial charge in [0.1, 0.15) is 0 Å². The van der Waals surface area contributed by atoms with Gasteiger partial charge in [-0.1, -0.05) is 42.5 Å². The van der Waals surface area contributed by atoms with Gasteiger partial charge >= 0.3 is 0 Å². The van der Waals surface area contributed by atoms with E-state index in [4.69, 9.17) is 4.74 Å². The van der Waals surface area contributed by atoms with Crippen LogP contribution in [0.1, 0.15) is 10.4 Å². The molecule has 0 radical (unpaired) electrons. The number of phenolic OH excluding ortho intramolecular Hbond substituents is 1. The average Bonchev–Trinajstić information content (AvgIpc) is 2.63. The summed E-state index contributed by atoms with van der Waals surface area (Å²) in [5.74, 6) is 0.106. The minimum atomic E-state index is -0.237. The van der Waals surface area contributed by atoms with Crippen molar-refractivity contribution in [1.29, 1.82) is 0 Å². The van der Waals surface area contributed by atoms with E-state index in [0.29, 0.717) is 17.0 Å². The minimum absolute atomic E-state index is 0.0188. The Kier molecular flexibility index (Phi) is 4.47. The summed E-state index contributed by atoms with van der Waals surface area (Å²) in [5.41, 5.74) is 3.20. The number of phenols is 1. The van der Waals surface area contributed by atoms with Gasteiger partial charge in [0.15, 0.2) is 11.5 Å². The summed E-state index contributed by atoms with van der Waals surface area (Å²) in [4.78, 5) is 12.3. The summed E-state index contributed by atoms with van der Waals surface area (Å²) in [6.07, 6.45) is 0. The van der Waals surface area contributed by atoms with Crippen molar-refractivity contribution in [3.63, 3.8) is 0 Å². The molecule has 3 aromatic carbocycles. The van der Waals surface area contributed by atoms with Gasteiger partial charge in [0, 0.05) is 17.3 Å². The Morgan fingerprint density at radius 1 is 0.917 bits per heavy atom. The lowest BCUT2D eigenvalue weighted by atomic mass is 10.0. The fraction of sp³-hybridized carbons (Fsp3) is 0.0500. The number of anilines is 1. The van der Waals surface area contributed by atoms with Crippen LogP contribution in [0.3, 0.4) is 0 Å². The van der Waals surface area contributed by atoms with Gasteiger partial charge in [0.2, 0.25) is 0 Å². The van der Waals surface area contributed by atoms with E-state index in [2.05, 4.69) is 5.32 Å². The van der Waals surface area contributed by atoms with E-state index in [1.165, 1.54) is 13.2 Å². The molecular weight excluding hydrogens is 302 g/mol. The van der Waals surface area contributed by atoms with E-state index in [-0.39, 0.29) is 11.7 Å². The number of aromatic hydroxyl groups is 1. The molecule has 0 aromatic heterocycles. The maximum absolute atomic E-state index is 12.3. The molecule has 24 heavy (non-hydrogen) atoms. The van der Waals surface area contributed by atoms with Gasteiger partial charge < -0.3 is 15.2 Å². The third kappa shape index (κ3) is 3.38. The number of carbonyl (C=O) groups is 1. The van der Waals surface area contributed by atoms with E-state index in [0.717, 1.165) is 11.1 Å². The number of amides is 1. The molecule has 0 bridgehead atoms. The van der Waals surface area contributed by atoms with Gasteiger partial charge in [-0.25, -0.2) is 0 Å². The number of rotatable bonds is 4. The van der Waals surface area contributed by atoms with Crippen molar-refractivity contribution in [1.82, 2.24) is 0 Å². The van der Waals surface area contributed by atoms with E-state index in [9.17, 15) is 9.90 Å². The SMILES string of the molecule is COc1ccc(NC(=O)c2ccc(-c3ccccc3)cc2)cc1O. The van der Waals surface area contributed by atoms with Crippen LogP contribution in [0.25, 0.3) is 11.1 Å². The monoisotopic (exact) mass is 319 g/mol. The van der Waals surface area contributed by atoms with Crippen LogP contribution in [0.5, 0.6) is 11.5 Å². The topological polar surface area (TPSA) is 58.6 Å². The smallest absolute Gasteiger partial charge is 0.255 e. The number of hydrogen-bond donors (Lipinski definition) is 2.